The van der Waals surface area contributed by atoms with Crippen LogP contribution in [0.3, 0.4) is 0 Å². The smallest absolute Gasteiger partial charge is 0.379 e. The van der Waals surface area contributed by atoms with Gasteiger partial charge in [0.15, 0.2) is 12.0 Å². The Bertz CT molecular complexity index is 1600. The van der Waals surface area contributed by atoms with Gasteiger partial charge >= 0.3 is 6.18 Å². The molecule has 2 aliphatic heterocycles. The van der Waals surface area contributed by atoms with Crippen molar-refractivity contribution in [3.63, 3.8) is 0 Å². The summed E-state index contributed by atoms with van der Waals surface area (Å²) in [5, 5.41) is 22.8. The molecule has 0 radical (unpaired) electrons. The molecule has 13 heteroatoms. The van der Waals surface area contributed by atoms with Crippen LogP contribution in [-0.2, 0) is 18.0 Å². The van der Waals surface area contributed by atoms with Gasteiger partial charge in [0.05, 0.1) is 30.0 Å². The number of hydrazine groups is 1. The van der Waals surface area contributed by atoms with Crippen molar-refractivity contribution in [2.75, 3.05) is 31.6 Å². The molecule has 2 aliphatic rings. The number of pyridine rings is 1. The Morgan fingerprint density at radius 3 is 2.55 bits per heavy atom. The molecule has 3 aromatic rings. The summed E-state index contributed by atoms with van der Waals surface area (Å²) in [6.45, 7) is 5.11. The highest BCUT2D eigenvalue weighted by Crippen LogP contribution is 2.34. The van der Waals surface area contributed by atoms with Gasteiger partial charge in [0.1, 0.15) is 5.82 Å². The number of alkyl halides is 3. The summed E-state index contributed by atoms with van der Waals surface area (Å²) >= 11 is 0. The predicted molar refractivity (Wildman–Crippen MR) is 138 cm³/mol. The molecule has 5 rings (SSSR count). The zero-order valence-electron chi connectivity index (χ0n) is 22.0. The molecule has 0 saturated carbocycles. The van der Waals surface area contributed by atoms with Crippen LogP contribution in [0, 0.1) is 12.7 Å². The molecule has 2 atom stereocenters. The van der Waals surface area contributed by atoms with E-state index in [2.05, 4.69) is 15.4 Å². The first-order valence-electron chi connectivity index (χ1n) is 12.6. The fourth-order valence-electron chi connectivity index (χ4n) is 4.93. The quantitative estimate of drug-likeness (QED) is 0.455. The number of rotatable bonds is 5. The molecule has 212 valence electrons. The van der Waals surface area contributed by atoms with Crippen molar-refractivity contribution in [2.24, 2.45) is 7.05 Å². The number of hydrogen-bond acceptors (Lipinski definition) is 8. The third-order valence-electron chi connectivity index (χ3n) is 7.01. The van der Waals surface area contributed by atoms with Crippen LogP contribution in [0.5, 0.6) is 0 Å². The van der Waals surface area contributed by atoms with Gasteiger partial charge in [0.2, 0.25) is 0 Å². The fourth-order valence-corrected chi connectivity index (χ4v) is 4.93. The van der Waals surface area contributed by atoms with Gasteiger partial charge in [0, 0.05) is 60.1 Å². The van der Waals surface area contributed by atoms with E-state index in [0.29, 0.717) is 48.7 Å². The van der Waals surface area contributed by atoms with Gasteiger partial charge < -0.3 is 15.2 Å². The van der Waals surface area contributed by atoms with Crippen molar-refractivity contribution in [1.29, 1.82) is 0 Å². The molecular weight excluding hydrogens is 532 g/mol. The number of anilines is 1. The maximum Gasteiger partial charge on any atom is 0.419 e. The topological polar surface area (TPSA) is 95.8 Å². The lowest BCUT2D eigenvalue weighted by atomic mass is 9.99. The Balaban J connectivity index is 1.71. The van der Waals surface area contributed by atoms with Crippen LogP contribution in [0.2, 0.25) is 0 Å². The Hall–Kier alpha value is -3.81. The summed E-state index contributed by atoms with van der Waals surface area (Å²) < 4.78 is 61.6. The Kier molecular flexibility index (Phi) is 7.38. The molecule has 0 amide bonds. The van der Waals surface area contributed by atoms with Crippen LogP contribution in [0.15, 0.2) is 41.3 Å². The van der Waals surface area contributed by atoms with E-state index in [9.17, 15) is 27.5 Å². The largest absolute Gasteiger partial charge is 0.419 e. The maximum absolute atomic E-state index is 15.0. The molecule has 1 fully saturated rings. The van der Waals surface area contributed by atoms with Crippen molar-refractivity contribution >= 4 is 17.6 Å². The average molecular weight is 561 g/mol. The number of benzene rings is 1. The van der Waals surface area contributed by atoms with Crippen molar-refractivity contribution < 1.29 is 27.4 Å². The fraction of sp³-hybridized carbons (Fsp3) is 0.370. The molecule has 4 heterocycles. The summed E-state index contributed by atoms with van der Waals surface area (Å²) in [4.78, 5) is 17.8. The van der Waals surface area contributed by atoms with Gasteiger partial charge in [-0.25, -0.2) is 14.1 Å². The monoisotopic (exact) mass is 560 g/mol. The normalized spacial score (nSPS) is 18.8. The number of aromatic nitrogens is 3. The van der Waals surface area contributed by atoms with E-state index in [0.717, 1.165) is 16.4 Å². The minimum Gasteiger partial charge on any atom is -0.379 e. The van der Waals surface area contributed by atoms with Crippen LogP contribution in [0.25, 0.3) is 11.8 Å². The second-order valence-electron chi connectivity index (χ2n) is 9.69. The van der Waals surface area contributed by atoms with E-state index < -0.39 is 35.4 Å². The first-order chi connectivity index (χ1) is 19.0. The second-order valence-corrected chi connectivity index (χ2v) is 9.69. The number of nitrogens with zero attached hydrogens (tertiary/aromatic N) is 5. The van der Waals surface area contributed by atoms with Crippen LogP contribution < -0.4 is 21.3 Å². The highest BCUT2D eigenvalue weighted by Gasteiger charge is 2.36. The van der Waals surface area contributed by atoms with E-state index in [-0.39, 0.29) is 16.6 Å². The molecular formula is C27H28F4N6O3. The number of ether oxygens (including phenoxy) is 1. The van der Waals surface area contributed by atoms with E-state index >= 15 is 0 Å². The minimum atomic E-state index is -4.86. The first kappa shape index (κ1) is 27.7. The molecule has 0 bridgehead atoms. The summed E-state index contributed by atoms with van der Waals surface area (Å²) in [7, 11) is 1.43. The van der Waals surface area contributed by atoms with Crippen molar-refractivity contribution in [3.8, 4) is 0 Å². The van der Waals surface area contributed by atoms with Gasteiger partial charge in [-0.2, -0.15) is 18.3 Å². The lowest BCUT2D eigenvalue weighted by molar-refractivity contribution is -0.140. The second kappa shape index (κ2) is 10.6. The third-order valence-corrected chi connectivity index (χ3v) is 7.01. The van der Waals surface area contributed by atoms with Crippen LogP contribution >= 0.6 is 0 Å². The van der Waals surface area contributed by atoms with Gasteiger partial charge in [-0.05, 0) is 26.0 Å². The van der Waals surface area contributed by atoms with Gasteiger partial charge in [-0.15, -0.1) is 0 Å². The van der Waals surface area contributed by atoms with Crippen LogP contribution in [-0.4, -0.2) is 62.4 Å². The van der Waals surface area contributed by atoms with Gasteiger partial charge in [-0.3, -0.25) is 14.8 Å². The highest BCUT2D eigenvalue weighted by molar-refractivity contribution is 5.71. The third kappa shape index (κ3) is 5.07. The molecule has 1 saturated heterocycles. The van der Waals surface area contributed by atoms with E-state index in [4.69, 9.17) is 4.74 Å². The number of nitrogens with one attached hydrogen (secondary N) is 1. The van der Waals surface area contributed by atoms with Gasteiger partial charge in [0.25, 0.3) is 5.56 Å². The van der Waals surface area contributed by atoms with Crippen molar-refractivity contribution in [3.05, 3.63) is 85.5 Å². The lowest BCUT2D eigenvalue weighted by Crippen LogP contribution is -2.59. The minimum absolute atomic E-state index is 0.129. The summed E-state index contributed by atoms with van der Waals surface area (Å²) in [5.74, 6) is -1.26. The number of aryl methyl sites for hydroxylation is 2. The number of halogens is 4. The number of aliphatic hydroxyl groups excluding tert-OH is 1. The SMILES string of the molecule is Cc1ccc(C2=c3c(c(N[C@H](C)c4cccc(C(F)(F)F)c4F)nn(C)c3=O)=CN(N3CCOCC3)C2O)cn1. The summed E-state index contributed by atoms with van der Waals surface area (Å²) in [5.41, 5.74) is -0.534. The summed E-state index contributed by atoms with van der Waals surface area (Å²) in [6.07, 6.45) is -2.98. The maximum atomic E-state index is 15.0. The van der Waals surface area contributed by atoms with E-state index in [1.165, 1.54) is 20.0 Å². The average Bonchev–Trinajstić information content (AvgIpc) is 2.92. The number of aliphatic hydroxyl groups is 1. The van der Waals surface area contributed by atoms with Crippen LogP contribution in [0.4, 0.5) is 23.4 Å². The standard InChI is InChI=1S/C27H28F4N6O3/c1-15-7-8-17(13-32-15)21-22-19(14-37(26(21)39)36-9-11-40-12-10-36)24(34-35(3)25(22)38)33-16(2)18-5-4-6-20(23(18)28)27(29,30)31/h4-8,13-14,16,26,39H,9-12H2,1-3H3,(H,33,34)/t16-,26?/m1/s1. The molecule has 1 aromatic carbocycles. The van der Waals surface area contributed by atoms with Gasteiger partial charge in [-0.1, -0.05) is 18.2 Å². The lowest BCUT2D eigenvalue weighted by Gasteiger charge is -2.41. The number of fused-ring (bicyclic) bond motifs is 1. The highest BCUT2D eigenvalue weighted by atomic mass is 19.4. The molecule has 2 N–H and O–H groups in total. The van der Waals surface area contributed by atoms with Crippen LogP contribution in [0.1, 0.15) is 35.3 Å². The number of hydrogen-bond donors (Lipinski definition) is 2. The molecule has 40 heavy (non-hydrogen) atoms. The van der Waals surface area contributed by atoms with Crippen molar-refractivity contribution in [1.82, 2.24) is 24.8 Å². The molecule has 0 aliphatic carbocycles. The van der Waals surface area contributed by atoms with Crippen molar-refractivity contribution in [2.45, 2.75) is 32.3 Å². The summed E-state index contributed by atoms with van der Waals surface area (Å²) in [6, 6.07) is 5.64. The first-order valence-corrected chi connectivity index (χ1v) is 12.6. The molecule has 1 unspecified atom stereocenters. The Labute approximate surface area is 226 Å². The zero-order chi connectivity index (χ0) is 28.8. The zero-order valence-corrected chi connectivity index (χ0v) is 22.0. The predicted octanol–water partition coefficient (Wildman–Crippen LogP) is 1.63. The Morgan fingerprint density at radius 2 is 1.90 bits per heavy atom. The van der Waals surface area contributed by atoms with E-state index in [1.54, 1.807) is 29.5 Å². The molecule has 9 nitrogen and oxygen atoms in total. The molecule has 0 spiro atoms. The van der Waals surface area contributed by atoms with E-state index in [1.807, 2.05) is 11.9 Å². The Morgan fingerprint density at radius 1 is 1.18 bits per heavy atom. The molecule has 2 aromatic heterocycles. The number of morpholine rings is 1.